The van der Waals surface area contributed by atoms with Crippen LogP contribution in [-0.4, -0.2) is 81.3 Å². The average Bonchev–Trinajstić information content (AvgIpc) is 3.81. The number of nitrogens with one attached hydrogen (secondary N) is 5. The van der Waals surface area contributed by atoms with Gasteiger partial charge in [0.15, 0.2) is 0 Å². The standard InChI is InChI=1S/C34H38N6O6/c1-3-29(41)39-30-19(2)46-34(45)28-13-8-14-40(28)33(44)27(16-21-18-36-25-12-7-5-10-23(21)25)38-31(42)26(37-32(30)43)15-20-17-35-24-11-6-4-9-22(20)24/h4-7,9-12,17-19,26-28,30,35-36H,3,8,13-16H2,1-2H3,(H,37,43)(H,38,42)(H,39,41). The van der Waals surface area contributed by atoms with Crippen molar-refractivity contribution in [2.24, 2.45) is 0 Å². The molecule has 0 spiro atoms. The van der Waals surface area contributed by atoms with E-state index in [2.05, 4.69) is 25.9 Å². The average molecular weight is 627 g/mol. The van der Waals surface area contributed by atoms with Crippen LogP contribution in [-0.2, 0) is 41.6 Å². The van der Waals surface area contributed by atoms with E-state index in [0.29, 0.717) is 19.4 Å². The Labute approximate surface area is 265 Å². The quantitative estimate of drug-likeness (QED) is 0.206. The summed E-state index contributed by atoms with van der Waals surface area (Å²) in [4.78, 5) is 76.1. The maximum absolute atomic E-state index is 14.2. The molecule has 12 nitrogen and oxygen atoms in total. The Morgan fingerprint density at radius 2 is 1.46 bits per heavy atom. The van der Waals surface area contributed by atoms with Gasteiger partial charge in [-0.3, -0.25) is 19.2 Å². The van der Waals surface area contributed by atoms with Gasteiger partial charge in [-0.2, -0.15) is 0 Å². The molecule has 6 rings (SSSR count). The second kappa shape index (κ2) is 13.1. The minimum absolute atomic E-state index is 0.101. The lowest BCUT2D eigenvalue weighted by atomic mass is 10.0. The molecule has 5 N–H and O–H groups in total. The SMILES string of the molecule is CCC(=O)NC1C(=O)NC(Cc2c[nH]c3ccccc23)C(=O)NC(Cc2c[nH]c3ccccc23)C(=O)N2CCCC2C(=O)OC1C. The van der Waals surface area contributed by atoms with Crippen LogP contribution in [0.25, 0.3) is 21.8 Å². The molecule has 2 aromatic heterocycles. The lowest BCUT2D eigenvalue weighted by Gasteiger charge is -2.29. The number of H-pyrrole nitrogens is 2. The third-order valence-electron chi connectivity index (χ3n) is 8.94. The lowest BCUT2D eigenvalue weighted by molar-refractivity contribution is -0.160. The van der Waals surface area contributed by atoms with E-state index in [4.69, 9.17) is 4.74 Å². The molecule has 46 heavy (non-hydrogen) atoms. The summed E-state index contributed by atoms with van der Waals surface area (Å²) in [5.41, 5.74) is 3.37. The normalized spacial score (nSPS) is 24.4. The third kappa shape index (κ3) is 6.19. The van der Waals surface area contributed by atoms with Crippen molar-refractivity contribution in [2.45, 2.75) is 76.2 Å². The molecule has 2 aliphatic heterocycles. The second-order valence-electron chi connectivity index (χ2n) is 12.0. The van der Waals surface area contributed by atoms with Crippen molar-refractivity contribution >= 4 is 51.4 Å². The molecule has 0 aliphatic carbocycles. The predicted molar refractivity (Wildman–Crippen MR) is 170 cm³/mol. The van der Waals surface area contributed by atoms with Crippen molar-refractivity contribution in [1.29, 1.82) is 0 Å². The van der Waals surface area contributed by atoms with Crippen LogP contribution in [0, 0.1) is 0 Å². The van der Waals surface area contributed by atoms with Gasteiger partial charge in [-0.1, -0.05) is 43.3 Å². The molecule has 5 atom stereocenters. The number of nitrogens with zero attached hydrogens (tertiary/aromatic N) is 1. The molecule has 4 heterocycles. The summed E-state index contributed by atoms with van der Waals surface area (Å²) < 4.78 is 5.76. The number of cyclic esters (lactones) is 1. The van der Waals surface area contributed by atoms with Crippen LogP contribution >= 0.6 is 0 Å². The summed E-state index contributed by atoms with van der Waals surface area (Å²) in [5.74, 6) is -2.72. The van der Waals surface area contributed by atoms with Gasteiger partial charge >= 0.3 is 5.97 Å². The summed E-state index contributed by atoms with van der Waals surface area (Å²) in [5, 5.41) is 10.2. The zero-order chi connectivity index (χ0) is 32.4. The predicted octanol–water partition coefficient (Wildman–Crippen LogP) is 2.24. The van der Waals surface area contributed by atoms with Crippen molar-refractivity contribution < 1.29 is 28.7 Å². The van der Waals surface area contributed by atoms with Gasteiger partial charge in [-0.15, -0.1) is 0 Å². The number of fused-ring (bicyclic) bond motifs is 3. The fourth-order valence-corrected chi connectivity index (χ4v) is 6.46. The van der Waals surface area contributed by atoms with Gasteiger partial charge in [0.2, 0.25) is 23.6 Å². The number of carbonyl (C=O) groups is 5. The molecule has 4 aromatic rings. The Balaban J connectivity index is 1.39. The number of rotatable bonds is 6. The molecule has 0 saturated carbocycles. The Kier molecular flexibility index (Phi) is 8.78. The van der Waals surface area contributed by atoms with Crippen LogP contribution in [0.5, 0.6) is 0 Å². The maximum atomic E-state index is 14.2. The fraction of sp³-hybridized carbons (Fsp3) is 0.382. The summed E-state index contributed by atoms with van der Waals surface area (Å²) in [6.45, 7) is 3.49. The van der Waals surface area contributed by atoms with Crippen molar-refractivity contribution in [3.05, 3.63) is 72.1 Å². The van der Waals surface area contributed by atoms with E-state index in [-0.39, 0.29) is 19.3 Å². The zero-order valence-corrected chi connectivity index (χ0v) is 25.8. The van der Waals surface area contributed by atoms with Crippen molar-refractivity contribution in [1.82, 2.24) is 30.8 Å². The number of aromatic amines is 2. The van der Waals surface area contributed by atoms with Crippen molar-refractivity contribution in [3.8, 4) is 0 Å². The fourth-order valence-electron chi connectivity index (χ4n) is 6.46. The first kappa shape index (κ1) is 30.9. The molecule has 5 unspecified atom stereocenters. The number of carbonyl (C=O) groups excluding carboxylic acids is 5. The largest absolute Gasteiger partial charge is 0.458 e. The molecule has 2 saturated heterocycles. The summed E-state index contributed by atoms with van der Waals surface area (Å²) in [7, 11) is 0. The van der Waals surface area contributed by atoms with Crippen LogP contribution in [0.15, 0.2) is 60.9 Å². The Bertz CT molecular complexity index is 1790. The van der Waals surface area contributed by atoms with Crippen LogP contribution in [0.1, 0.15) is 44.2 Å². The van der Waals surface area contributed by atoms with E-state index in [9.17, 15) is 24.0 Å². The van der Waals surface area contributed by atoms with Crippen LogP contribution in [0.4, 0.5) is 0 Å². The zero-order valence-electron chi connectivity index (χ0n) is 25.8. The highest BCUT2D eigenvalue weighted by Crippen LogP contribution is 2.25. The molecule has 0 bridgehead atoms. The lowest BCUT2D eigenvalue weighted by Crippen LogP contribution is -2.59. The van der Waals surface area contributed by atoms with Gasteiger partial charge in [0.1, 0.15) is 30.3 Å². The molecule has 2 fully saturated rings. The van der Waals surface area contributed by atoms with E-state index in [1.54, 1.807) is 13.1 Å². The molecule has 0 radical (unpaired) electrons. The van der Waals surface area contributed by atoms with Crippen molar-refractivity contribution in [2.75, 3.05) is 6.54 Å². The van der Waals surface area contributed by atoms with Gasteiger partial charge < -0.3 is 35.6 Å². The third-order valence-corrected chi connectivity index (χ3v) is 8.94. The van der Waals surface area contributed by atoms with E-state index >= 15 is 0 Å². The molecule has 12 heteroatoms. The molecule has 2 aromatic carbocycles. The Morgan fingerprint density at radius 1 is 0.870 bits per heavy atom. The molecule has 4 amide bonds. The number of hydrogen-bond donors (Lipinski definition) is 5. The smallest absolute Gasteiger partial charge is 0.329 e. The number of benzene rings is 2. The number of esters is 1. The highest BCUT2D eigenvalue weighted by Gasteiger charge is 2.42. The Hall–Kier alpha value is -5.13. The maximum Gasteiger partial charge on any atom is 0.329 e. The first-order chi connectivity index (χ1) is 22.2. The van der Waals surface area contributed by atoms with Gasteiger partial charge in [-0.25, -0.2) is 4.79 Å². The van der Waals surface area contributed by atoms with Crippen molar-refractivity contribution in [3.63, 3.8) is 0 Å². The summed E-state index contributed by atoms with van der Waals surface area (Å²) >= 11 is 0. The summed E-state index contributed by atoms with van der Waals surface area (Å²) in [6, 6.07) is 11.0. The topological polar surface area (TPSA) is 165 Å². The second-order valence-corrected chi connectivity index (χ2v) is 12.0. The number of para-hydroxylation sites is 2. The highest BCUT2D eigenvalue weighted by molar-refractivity contribution is 5.97. The molecule has 240 valence electrons. The van der Waals surface area contributed by atoms with Gasteiger partial charge in [0, 0.05) is 60.0 Å². The van der Waals surface area contributed by atoms with E-state index in [1.807, 2.05) is 54.7 Å². The van der Waals surface area contributed by atoms with E-state index < -0.39 is 59.9 Å². The minimum Gasteiger partial charge on any atom is -0.458 e. The Morgan fingerprint density at radius 3 is 2.09 bits per heavy atom. The van der Waals surface area contributed by atoms with Gasteiger partial charge in [-0.05, 0) is 43.0 Å². The number of ether oxygens (including phenoxy) is 1. The van der Waals surface area contributed by atoms with Crippen LogP contribution in [0.3, 0.4) is 0 Å². The van der Waals surface area contributed by atoms with Crippen LogP contribution < -0.4 is 16.0 Å². The monoisotopic (exact) mass is 626 g/mol. The minimum atomic E-state index is -1.26. The molecular formula is C34H38N6O6. The van der Waals surface area contributed by atoms with Gasteiger partial charge in [0.05, 0.1) is 0 Å². The summed E-state index contributed by atoms with van der Waals surface area (Å²) in [6.07, 6.45) is 3.85. The van der Waals surface area contributed by atoms with E-state index in [1.165, 1.54) is 11.8 Å². The first-order valence-electron chi connectivity index (χ1n) is 15.7. The molecule has 2 aliphatic rings. The number of hydrogen-bond acceptors (Lipinski definition) is 6. The molecular weight excluding hydrogens is 588 g/mol. The first-order valence-corrected chi connectivity index (χ1v) is 15.7. The van der Waals surface area contributed by atoms with Gasteiger partial charge in [0.25, 0.3) is 0 Å². The van der Waals surface area contributed by atoms with Crippen LogP contribution in [0.2, 0.25) is 0 Å². The highest BCUT2D eigenvalue weighted by atomic mass is 16.5. The number of aromatic nitrogens is 2. The number of amides is 4. The van der Waals surface area contributed by atoms with E-state index in [0.717, 1.165) is 32.9 Å².